The van der Waals surface area contributed by atoms with E-state index in [1.54, 1.807) is 44.7 Å². The Bertz CT molecular complexity index is 1300. The zero-order valence-corrected chi connectivity index (χ0v) is 23.2. The van der Waals surface area contributed by atoms with Crippen molar-refractivity contribution in [2.24, 2.45) is 5.41 Å². The first-order chi connectivity index (χ1) is 18.0. The molecule has 2 bridgehead atoms. The van der Waals surface area contributed by atoms with Crippen LogP contribution in [0.25, 0.3) is 10.9 Å². The summed E-state index contributed by atoms with van der Waals surface area (Å²) in [7, 11) is 3.41. The number of carbonyl (C=O) groups is 1. The Hall–Kier alpha value is -2.89. The smallest absolute Gasteiger partial charge is 0.410 e. The highest BCUT2D eigenvalue weighted by atomic mass is 19.3. The van der Waals surface area contributed by atoms with Crippen molar-refractivity contribution >= 4 is 22.8 Å². The van der Waals surface area contributed by atoms with Gasteiger partial charge in [-0.25, -0.2) is 22.4 Å². The number of amides is 1. The molecule has 4 fully saturated rings. The molecule has 0 spiro atoms. The number of fused-ring (bicyclic) bond motifs is 4. The summed E-state index contributed by atoms with van der Waals surface area (Å²) in [6, 6.07) is 1.43. The molecule has 4 aliphatic rings. The number of hydrogen-bond donors (Lipinski definition) is 0. The van der Waals surface area contributed by atoms with Crippen molar-refractivity contribution in [2.45, 2.75) is 70.1 Å². The first-order valence-electron chi connectivity index (χ1n) is 13.1. The van der Waals surface area contributed by atoms with Crippen LogP contribution in [0.3, 0.4) is 0 Å². The van der Waals surface area contributed by atoms with E-state index in [4.69, 9.17) is 9.47 Å². The molecule has 1 aliphatic carbocycles. The monoisotopic (exact) mass is 553 g/mol. The van der Waals surface area contributed by atoms with E-state index in [1.807, 2.05) is 11.8 Å². The molecule has 0 N–H and O–H groups in total. The van der Waals surface area contributed by atoms with Gasteiger partial charge in [0.2, 0.25) is 0 Å². The number of piperidine rings is 2. The molecular formula is C27H35F4N5O3. The number of rotatable bonds is 6. The molecule has 39 heavy (non-hydrogen) atoms. The molecule has 12 heteroatoms. The van der Waals surface area contributed by atoms with E-state index >= 15 is 0 Å². The van der Waals surface area contributed by atoms with Crippen molar-refractivity contribution in [3.8, 4) is 6.01 Å². The number of piperazine rings is 1. The Balaban J connectivity index is 1.48. The molecule has 8 nitrogen and oxygen atoms in total. The van der Waals surface area contributed by atoms with Crippen LogP contribution in [0.2, 0.25) is 0 Å². The summed E-state index contributed by atoms with van der Waals surface area (Å²) in [5, 5.41) is 0.152. The average Bonchev–Trinajstić information content (AvgIpc) is 3.34. The van der Waals surface area contributed by atoms with Crippen molar-refractivity contribution in [2.75, 3.05) is 45.2 Å². The lowest BCUT2D eigenvalue weighted by Gasteiger charge is -2.57. The van der Waals surface area contributed by atoms with Crippen molar-refractivity contribution < 1.29 is 31.8 Å². The minimum absolute atomic E-state index is 0.104. The summed E-state index contributed by atoms with van der Waals surface area (Å²) < 4.78 is 69.2. The van der Waals surface area contributed by atoms with Gasteiger partial charge in [0.25, 0.3) is 5.92 Å². The van der Waals surface area contributed by atoms with Crippen molar-refractivity contribution in [1.82, 2.24) is 19.8 Å². The van der Waals surface area contributed by atoms with Gasteiger partial charge in [-0.1, -0.05) is 0 Å². The van der Waals surface area contributed by atoms with E-state index in [9.17, 15) is 22.4 Å². The van der Waals surface area contributed by atoms with Crippen LogP contribution in [0.15, 0.2) is 12.1 Å². The number of halogens is 4. The highest BCUT2D eigenvalue weighted by Gasteiger charge is 2.71. The standard InChI is InChI=1S/C27H35F4N5O3/c1-24(2,3)39-23(37)36-11-17-7-8-25(36,4)13-35(17)21-18-9-16(28)10-19(29)20(18)32-22(33-21)38-15-26(14-34(5)6)12-27(26,30)31/h9-10,17H,7-8,11-15H2,1-6H3/t17?,25?,26-/m1/s1. The largest absolute Gasteiger partial charge is 0.463 e. The second-order valence-corrected chi connectivity index (χ2v) is 12.7. The molecular weight excluding hydrogens is 518 g/mol. The van der Waals surface area contributed by atoms with Gasteiger partial charge < -0.3 is 19.3 Å². The maximum absolute atomic E-state index is 14.9. The number of carbonyl (C=O) groups excluding carboxylic acids is 1. The molecule has 3 aliphatic heterocycles. The van der Waals surface area contributed by atoms with Crippen LogP contribution in [0.4, 0.5) is 28.2 Å². The molecule has 6 rings (SSSR count). The molecule has 1 aromatic carbocycles. The van der Waals surface area contributed by atoms with E-state index in [-0.39, 0.29) is 48.3 Å². The topological polar surface area (TPSA) is 71.0 Å². The molecule has 1 amide bonds. The summed E-state index contributed by atoms with van der Waals surface area (Å²) in [6.07, 6.45) is 0.683. The molecule has 214 valence electrons. The molecule has 4 heterocycles. The maximum atomic E-state index is 14.9. The second-order valence-electron chi connectivity index (χ2n) is 12.7. The van der Waals surface area contributed by atoms with Crippen LogP contribution < -0.4 is 9.64 Å². The van der Waals surface area contributed by atoms with E-state index in [2.05, 4.69) is 9.97 Å². The Morgan fingerprint density at radius 3 is 2.49 bits per heavy atom. The van der Waals surface area contributed by atoms with Crippen LogP contribution in [0, 0.1) is 17.0 Å². The predicted octanol–water partition coefficient (Wildman–Crippen LogP) is 4.85. The van der Waals surface area contributed by atoms with Gasteiger partial charge in [0.05, 0.1) is 11.0 Å². The van der Waals surface area contributed by atoms with Gasteiger partial charge >= 0.3 is 12.1 Å². The van der Waals surface area contributed by atoms with E-state index < -0.39 is 40.2 Å². The Labute approximate surface area is 225 Å². The Kier molecular flexibility index (Phi) is 6.43. The second kappa shape index (κ2) is 9.07. The molecule has 0 radical (unpaired) electrons. The average molecular weight is 554 g/mol. The Morgan fingerprint density at radius 1 is 1.21 bits per heavy atom. The summed E-state index contributed by atoms with van der Waals surface area (Å²) in [5.41, 5.74) is -2.82. The van der Waals surface area contributed by atoms with Crippen LogP contribution >= 0.6 is 0 Å². The van der Waals surface area contributed by atoms with Gasteiger partial charge in [-0.3, -0.25) is 4.90 Å². The van der Waals surface area contributed by atoms with Gasteiger partial charge in [-0.2, -0.15) is 9.97 Å². The van der Waals surface area contributed by atoms with E-state index in [1.165, 1.54) is 0 Å². The zero-order chi connectivity index (χ0) is 28.5. The third kappa shape index (κ3) is 5.07. The van der Waals surface area contributed by atoms with Crippen LogP contribution in [-0.2, 0) is 4.74 Å². The third-order valence-electron chi connectivity index (χ3n) is 7.88. The normalized spacial score (nSPS) is 27.8. The number of anilines is 1. The number of benzene rings is 1. The quantitative estimate of drug-likeness (QED) is 0.474. The number of ether oxygens (including phenoxy) is 2. The highest BCUT2D eigenvalue weighted by Crippen LogP contribution is 2.60. The fourth-order valence-corrected chi connectivity index (χ4v) is 5.88. The first-order valence-corrected chi connectivity index (χ1v) is 13.1. The number of alkyl halides is 2. The summed E-state index contributed by atoms with van der Waals surface area (Å²) >= 11 is 0. The number of nitrogens with zero attached hydrogens (tertiary/aromatic N) is 5. The highest BCUT2D eigenvalue weighted by molar-refractivity contribution is 5.91. The van der Waals surface area contributed by atoms with Crippen LogP contribution in [0.1, 0.15) is 47.0 Å². The first kappa shape index (κ1) is 27.7. The molecule has 3 atom stereocenters. The maximum Gasteiger partial charge on any atom is 0.410 e. The summed E-state index contributed by atoms with van der Waals surface area (Å²) in [5.74, 6) is -4.33. The van der Waals surface area contributed by atoms with Gasteiger partial charge in [0.15, 0.2) is 5.82 Å². The molecule has 2 aromatic rings. The van der Waals surface area contributed by atoms with Gasteiger partial charge in [0.1, 0.15) is 29.4 Å². The molecule has 1 saturated carbocycles. The van der Waals surface area contributed by atoms with Crippen molar-refractivity contribution in [3.05, 3.63) is 23.8 Å². The number of aromatic nitrogens is 2. The van der Waals surface area contributed by atoms with Gasteiger partial charge in [0, 0.05) is 43.5 Å². The molecule has 3 saturated heterocycles. The summed E-state index contributed by atoms with van der Waals surface area (Å²) in [6.45, 7) is 7.79. The zero-order valence-electron chi connectivity index (χ0n) is 23.2. The van der Waals surface area contributed by atoms with Crippen LogP contribution in [-0.4, -0.2) is 89.3 Å². The van der Waals surface area contributed by atoms with E-state index in [0.29, 0.717) is 25.9 Å². The Morgan fingerprint density at radius 2 is 1.90 bits per heavy atom. The fraction of sp³-hybridized carbons (Fsp3) is 0.667. The predicted molar refractivity (Wildman–Crippen MR) is 137 cm³/mol. The molecule has 2 unspecified atom stereocenters. The fourth-order valence-electron chi connectivity index (χ4n) is 5.88. The van der Waals surface area contributed by atoms with E-state index in [0.717, 1.165) is 12.1 Å². The van der Waals surface area contributed by atoms with Crippen molar-refractivity contribution in [3.63, 3.8) is 0 Å². The lowest BCUT2D eigenvalue weighted by molar-refractivity contribution is -0.0256. The minimum atomic E-state index is -2.89. The lowest BCUT2D eigenvalue weighted by Crippen LogP contribution is -2.70. The molecule has 1 aromatic heterocycles. The number of hydrogen-bond acceptors (Lipinski definition) is 7. The third-order valence-corrected chi connectivity index (χ3v) is 7.88. The van der Waals surface area contributed by atoms with Crippen molar-refractivity contribution in [1.29, 1.82) is 0 Å². The van der Waals surface area contributed by atoms with Gasteiger partial charge in [-0.05, 0) is 60.7 Å². The minimum Gasteiger partial charge on any atom is -0.463 e. The summed E-state index contributed by atoms with van der Waals surface area (Å²) in [4.78, 5) is 27.0. The SMILES string of the molecule is CN(C)C[C@@]1(COc2nc(N3CC4(C)CCC3CN4C(=O)OC(C)(C)C)c3cc(F)cc(F)c3n2)CC1(F)F. The van der Waals surface area contributed by atoms with Crippen LogP contribution in [0.5, 0.6) is 6.01 Å². The lowest BCUT2D eigenvalue weighted by atomic mass is 9.80. The van der Waals surface area contributed by atoms with Gasteiger partial charge in [-0.15, -0.1) is 0 Å².